The van der Waals surface area contributed by atoms with Gasteiger partial charge in [-0.25, -0.2) is 0 Å². The molecule has 0 aliphatic rings. The van der Waals surface area contributed by atoms with Gasteiger partial charge in [0.1, 0.15) is 36.4 Å². The van der Waals surface area contributed by atoms with Crippen molar-refractivity contribution in [1.82, 2.24) is 0 Å². The van der Waals surface area contributed by atoms with E-state index in [4.69, 9.17) is 14.2 Å². The number of ketones is 1. The Balaban J connectivity index is 2.56. The van der Waals surface area contributed by atoms with Crippen LogP contribution in [0.5, 0.6) is 17.2 Å². The van der Waals surface area contributed by atoms with Crippen LogP contribution >= 0.6 is 0 Å². The van der Waals surface area contributed by atoms with Crippen molar-refractivity contribution in [3.63, 3.8) is 0 Å². The molecule has 0 fully saturated rings. The van der Waals surface area contributed by atoms with Crippen LogP contribution in [0.3, 0.4) is 0 Å². The van der Waals surface area contributed by atoms with E-state index in [9.17, 15) is 14.7 Å². The number of Topliss-reactive ketones (excluding diaryl/α,β-unsaturated/α-hetero) is 1. The molecular weight excluding hydrogens is 396 g/mol. The highest BCUT2D eigenvalue weighted by Crippen LogP contribution is 2.36. The normalized spacial score (nSPS) is 11.3. The number of hydrogen-bond acceptors (Lipinski definition) is 5. The van der Waals surface area contributed by atoms with Crippen LogP contribution < -0.4 is 14.2 Å². The van der Waals surface area contributed by atoms with Gasteiger partial charge in [0.2, 0.25) is 0 Å². The fraction of sp³-hybridized carbons (Fsp3) is 0.280. The average molecular weight is 424 g/mol. The van der Waals surface area contributed by atoms with Crippen LogP contribution in [-0.4, -0.2) is 36.7 Å². The lowest BCUT2D eigenvalue weighted by Gasteiger charge is -2.20. The SMILES string of the molecule is C=CCOc1cc(OCC=C)c(CC)c(C(C(=O)O)C(=O)c2ccc(OCC)cc2)c1. The summed E-state index contributed by atoms with van der Waals surface area (Å²) in [7, 11) is 0. The Hall–Kier alpha value is -3.54. The topological polar surface area (TPSA) is 82.1 Å². The van der Waals surface area contributed by atoms with Gasteiger partial charge in [-0.15, -0.1) is 0 Å². The van der Waals surface area contributed by atoms with Crippen LogP contribution in [0.15, 0.2) is 61.7 Å². The third-order valence-corrected chi connectivity index (χ3v) is 4.57. The molecule has 6 heteroatoms. The Morgan fingerprint density at radius 2 is 1.61 bits per heavy atom. The van der Waals surface area contributed by atoms with Crippen LogP contribution in [-0.2, 0) is 11.2 Å². The van der Waals surface area contributed by atoms with Crippen LogP contribution in [0, 0.1) is 0 Å². The van der Waals surface area contributed by atoms with E-state index in [-0.39, 0.29) is 18.8 Å². The summed E-state index contributed by atoms with van der Waals surface area (Å²) in [5, 5.41) is 9.99. The Morgan fingerprint density at radius 3 is 2.16 bits per heavy atom. The van der Waals surface area contributed by atoms with E-state index in [1.807, 2.05) is 13.8 Å². The zero-order chi connectivity index (χ0) is 22.8. The summed E-state index contributed by atoms with van der Waals surface area (Å²) in [4.78, 5) is 25.5. The standard InChI is InChI=1S/C25H28O6/c1-5-13-30-19-15-21(20(7-3)22(16-19)31-14-6-2)23(25(27)28)24(26)17-9-11-18(12-10-17)29-8-4/h5-6,9-12,15-16,23H,1-2,7-8,13-14H2,3-4H3,(H,27,28). The van der Waals surface area contributed by atoms with Crippen molar-refractivity contribution in [3.05, 3.63) is 78.4 Å². The quantitative estimate of drug-likeness (QED) is 0.282. The fourth-order valence-electron chi connectivity index (χ4n) is 3.23. The van der Waals surface area contributed by atoms with Gasteiger partial charge < -0.3 is 19.3 Å². The number of carbonyl (C=O) groups is 2. The molecule has 0 radical (unpaired) electrons. The third kappa shape index (κ3) is 5.98. The molecule has 1 atom stereocenters. The number of benzene rings is 2. The van der Waals surface area contributed by atoms with E-state index in [2.05, 4.69) is 13.2 Å². The number of carboxylic acids is 1. The first-order chi connectivity index (χ1) is 15.0. The van der Waals surface area contributed by atoms with Gasteiger partial charge >= 0.3 is 5.97 Å². The maximum Gasteiger partial charge on any atom is 0.318 e. The Bertz CT molecular complexity index is 930. The van der Waals surface area contributed by atoms with Crippen molar-refractivity contribution in [1.29, 1.82) is 0 Å². The van der Waals surface area contributed by atoms with Gasteiger partial charge in [-0.1, -0.05) is 32.2 Å². The van der Waals surface area contributed by atoms with E-state index in [1.165, 1.54) is 0 Å². The summed E-state index contributed by atoms with van der Waals surface area (Å²) in [5.41, 5.74) is 1.26. The molecule has 0 aromatic heterocycles. The van der Waals surface area contributed by atoms with Crippen molar-refractivity contribution in [2.75, 3.05) is 19.8 Å². The number of aliphatic carboxylic acids is 1. The van der Waals surface area contributed by atoms with Crippen molar-refractivity contribution in [3.8, 4) is 17.2 Å². The van der Waals surface area contributed by atoms with Crippen molar-refractivity contribution >= 4 is 11.8 Å². The van der Waals surface area contributed by atoms with E-state index in [1.54, 1.807) is 48.6 Å². The van der Waals surface area contributed by atoms with Crippen molar-refractivity contribution in [2.45, 2.75) is 26.2 Å². The first-order valence-corrected chi connectivity index (χ1v) is 10.1. The predicted molar refractivity (Wildman–Crippen MR) is 120 cm³/mol. The molecule has 0 saturated heterocycles. The zero-order valence-electron chi connectivity index (χ0n) is 17.9. The minimum absolute atomic E-state index is 0.233. The van der Waals surface area contributed by atoms with Gasteiger partial charge in [0.15, 0.2) is 5.78 Å². The summed E-state index contributed by atoms with van der Waals surface area (Å²) in [6.45, 7) is 12.0. The maximum absolute atomic E-state index is 13.2. The molecule has 0 saturated carbocycles. The van der Waals surface area contributed by atoms with Gasteiger partial charge in [0, 0.05) is 11.6 Å². The van der Waals surface area contributed by atoms with Crippen LogP contribution in [0.2, 0.25) is 0 Å². The summed E-state index contributed by atoms with van der Waals surface area (Å²) in [6.07, 6.45) is 3.65. The van der Waals surface area contributed by atoms with Crippen LogP contribution in [0.1, 0.15) is 41.3 Å². The van der Waals surface area contributed by atoms with Gasteiger partial charge in [-0.2, -0.15) is 0 Å². The van der Waals surface area contributed by atoms with E-state index >= 15 is 0 Å². The molecule has 1 unspecified atom stereocenters. The highest BCUT2D eigenvalue weighted by molar-refractivity contribution is 6.12. The summed E-state index contributed by atoms with van der Waals surface area (Å²) in [6, 6.07) is 9.73. The van der Waals surface area contributed by atoms with E-state index in [0.29, 0.717) is 41.4 Å². The Morgan fingerprint density at radius 1 is 0.968 bits per heavy atom. The second-order valence-electron chi connectivity index (χ2n) is 6.63. The van der Waals surface area contributed by atoms with Gasteiger partial charge in [-0.3, -0.25) is 9.59 Å². The lowest BCUT2D eigenvalue weighted by molar-refractivity contribution is -0.137. The highest BCUT2D eigenvalue weighted by atomic mass is 16.5. The number of carboxylic acid groups (broad SMARTS) is 1. The fourth-order valence-corrected chi connectivity index (χ4v) is 3.23. The summed E-state index contributed by atoms with van der Waals surface area (Å²) in [5.74, 6) is -1.71. The molecule has 6 nitrogen and oxygen atoms in total. The molecule has 2 rings (SSSR count). The molecule has 0 bridgehead atoms. The Labute approximate surface area is 182 Å². The van der Waals surface area contributed by atoms with Gasteiger partial charge in [0.25, 0.3) is 0 Å². The third-order valence-electron chi connectivity index (χ3n) is 4.57. The van der Waals surface area contributed by atoms with Crippen molar-refractivity contribution < 1.29 is 28.9 Å². The van der Waals surface area contributed by atoms with Gasteiger partial charge in [0.05, 0.1) is 6.61 Å². The second-order valence-corrected chi connectivity index (χ2v) is 6.63. The number of hydrogen-bond donors (Lipinski definition) is 1. The average Bonchev–Trinajstić information content (AvgIpc) is 2.76. The van der Waals surface area contributed by atoms with E-state index < -0.39 is 17.7 Å². The van der Waals surface area contributed by atoms with Crippen LogP contribution in [0.4, 0.5) is 0 Å². The maximum atomic E-state index is 13.2. The second kappa shape index (κ2) is 11.6. The minimum atomic E-state index is -1.41. The highest BCUT2D eigenvalue weighted by Gasteiger charge is 2.32. The predicted octanol–water partition coefficient (Wildman–Crippen LogP) is 4.83. The molecule has 0 heterocycles. The van der Waals surface area contributed by atoms with Gasteiger partial charge in [-0.05, 0) is 54.8 Å². The first kappa shape index (κ1) is 23.7. The lowest BCUT2D eigenvalue weighted by Crippen LogP contribution is -2.23. The molecule has 31 heavy (non-hydrogen) atoms. The largest absolute Gasteiger partial charge is 0.494 e. The molecule has 2 aromatic carbocycles. The molecule has 0 spiro atoms. The smallest absolute Gasteiger partial charge is 0.318 e. The zero-order valence-corrected chi connectivity index (χ0v) is 17.9. The van der Waals surface area contributed by atoms with E-state index in [0.717, 1.165) is 0 Å². The molecular formula is C25H28O6. The molecule has 0 amide bonds. The first-order valence-electron chi connectivity index (χ1n) is 10.1. The molecule has 2 aromatic rings. The minimum Gasteiger partial charge on any atom is -0.494 e. The summed E-state index contributed by atoms with van der Waals surface area (Å²) < 4.78 is 16.8. The van der Waals surface area contributed by atoms with Crippen LogP contribution in [0.25, 0.3) is 0 Å². The Kier molecular flexibility index (Phi) is 8.88. The molecule has 0 aliphatic carbocycles. The molecule has 164 valence electrons. The number of rotatable bonds is 13. The number of carbonyl (C=O) groups excluding carboxylic acids is 1. The summed E-state index contributed by atoms with van der Waals surface area (Å²) >= 11 is 0. The number of ether oxygens (including phenoxy) is 3. The lowest BCUT2D eigenvalue weighted by atomic mass is 9.86. The molecule has 0 aliphatic heterocycles. The molecule has 1 N–H and O–H groups in total. The monoisotopic (exact) mass is 424 g/mol. The van der Waals surface area contributed by atoms with Crippen molar-refractivity contribution in [2.24, 2.45) is 0 Å².